The molecule has 0 spiro atoms. The van der Waals surface area contributed by atoms with Gasteiger partial charge in [0.05, 0.1) is 8.47 Å². The SMILES string of the molecule is NS(=O)(=O)c1ccc(I)c(O)c1. The standard InChI is InChI=1S/C6H6INO3S/c7-5-2-1-4(3-6(5)9)12(8,10)11/h1-3,9H,(H2,8,10,11). The van der Waals surface area contributed by atoms with Crippen LogP contribution in [0.1, 0.15) is 0 Å². The van der Waals surface area contributed by atoms with Gasteiger partial charge in [0.2, 0.25) is 10.0 Å². The summed E-state index contributed by atoms with van der Waals surface area (Å²) < 4.78 is 22.1. The first-order valence-corrected chi connectivity index (χ1v) is 5.55. The van der Waals surface area contributed by atoms with Gasteiger partial charge < -0.3 is 5.11 Å². The monoisotopic (exact) mass is 299 g/mol. The Labute approximate surface area is 83.6 Å². The maximum Gasteiger partial charge on any atom is 0.238 e. The van der Waals surface area contributed by atoms with Crippen LogP contribution in [0.5, 0.6) is 5.75 Å². The van der Waals surface area contributed by atoms with Crippen molar-refractivity contribution in [1.29, 1.82) is 0 Å². The van der Waals surface area contributed by atoms with Crippen molar-refractivity contribution < 1.29 is 13.5 Å². The van der Waals surface area contributed by atoms with Crippen LogP contribution in [0.15, 0.2) is 23.1 Å². The fourth-order valence-electron chi connectivity index (χ4n) is 0.669. The molecule has 3 N–H and O–H groups in total. The van der Waals surface area contributed by atoms with Crippen molar-refractivity contribution in [2.75, 3.05) is 0 Å². The molecule has 0 saturated heterocycles. The third kappa shape index (κ3) is 2.08. The van der Waals surface area contributed by atoms with Crippen molar-refractivity contribution in [2.45, 2.75) is 4.90 Å². The number of phenolic OH excluding ortho intramolecular Hbond substituents is 1. The van der Waals surface area contributed by atoms with Gasteiger partial charge in [0.15, 0.2) is 0 Å². The van der Waals surface area contributed by atoms with E-state index in [9.17, 15) is 8.42 Å². The number of benzene rings is 1. The fraction of sp³-hybridized carbons (Fsp3) is 0. The van der Waals surface area contributed by atoms with Crippen molar-refractivity contribution in [2.24, 2.45) is 5.14 Å². The third-order valence-electron chi connectivity index (χ3n) is 1.25. The number of primary sulfonamides is 1. The van der Waals surface area contributed by atoms with Gasteiger partial charge in [-0.05, 0) is 34.7 Å². The summed E-state index contributed by atoms with van der Waals surface area (Å²) in [6.07, 6.45) is 0. The van der Waals surface area contributed by atoms with Crippen molar-refractivity contribution in [3.63, 3.8) is 0 Å². The first kappa shape index (κ1) is 9.75. The van der Waals surface area contributed by atoms with Crippen LogP contribution < -0.4 is 5.14 Å². The topological polar surface area (TPSA) is 80.4 Å². The lowest BCUT2D eigenvalue weighted by Gasteiger charge is -1.99. The minimum atomic E-state index is -3.71. The molecule has 6 heteroatoms. The summed E-state index contributed by atoms with van der Waals surface area (Å²) >= 11 is 1.88. The smallest absolute Gasteiger partial charge is 0.238 e. The number of nitrogens with two attached hydrogens (primary N) is 1. The number of rotatable bonds is 1. The Hall–Kier alpha value is -0.340. The summed E-state index contributed by atoms with van der Waals surface area (Å²) in [4.78, 5) is -0.0829. The normalized spacial score (nSPS) is 11.5. The molecule has 0 unspecified atom stereocenters. The molecule has 0 aliphatic carbocycles. The number of sulfonamides is 1. The van der Waals surface area contributed by atoms with Crippen LogP contribution in [0.2, 0.25) is 0 Å². The van der Waals surface area contributed by atoms with Crippen LogP contribution >= 0.6 is 22.6 Å². The molecule has 0 heterocycles. The molecule has 0 radical (unpaired) electrons. The van der Waals surface area contributed by atoms with Crippen molar-refractivity contribution in [1.82, 2.24) is 0 Å². The first-order valence-electron chi connectivity index (χ1n) is 2.92. The predicted octanol–water partition coefficient (Wildman–Crippen LogP) is 0.644. The zero-order valence-electron chi connectivity index (χ0n) is 5.86. The highest BCUT2D eigenvalue weighted by molar-refractivity contribution is 14.1. The van der Waals surface area contributed by atoms with E-state index in [1.807, 2.05) is 22.6 Å². The summed E-state index contributed by atoms with van der Waals surface area (Å²) in [7, 11) is -3.71. The van der Waals surface area contributed by atoms with Gasteiger partial charge in [-0.1, -0.05) is 0 Å². The molecule has 0 fully saturated rings. The van der Waals surface area contributed by atoms with Crippen molar-refractivity contribution in [3.05, 3.63) is 21.8 Å². The minimum absolute atomic E-state index is 0.0814. The van der Waals surface area contributed by atoms with E-state index < -0.39 is 10.0 Å². The number of aromatic hydroxyl groups is 1. The second kappa shape index (κ2) is 3.19. The lowest BCUT2D eigenvalue weighted by molar-refractivity contribution is 0.469. The molecule has 0 aliphatic rings. The van der Waals surface area contributed by atoms with E-state index in [1.165, 1.54) is 12.1 Å². The summed E-state index contributed by atoms with van der Waals surface area (Å²) in [6.45, 7) is 0. The van der Waals surface area contributed by atoms with E-state index in [-0.39, 0.29) is 10.6 Å². The Morgan fingerprint density at radius 3 is 2.42 bits per heavy atom. The lowest BCUT2D eigenvalue weighted by atomic mass is 10.3. The maximum atomic E-state index is 10.8. The van der Waals surface area contributed by atoms with Gasteiger partial charge in [0, 0.05) is 6.07 Å². The van der Waals surface area contributed by atoms with E-state index in [1.54, 1.807) is 0 Å². The van der Waals surface area contributed by atoms with Crippen LogP contribution in [0.25, 0.3) is 0 Å². The lowest BCUT2D eigenvalue weighted by Crippen LogP contribution is -2.11. The second-order valence-corrected chi connectivity index (χ2v) is 4.88. The largest absolute Gasteiger partial charge is 0.507 e. The van der Waals surface area contributed by atoms with E-state index in [4.69, 9.17) is 10.2 Å². The van der Waals surface area contributed by atoms with Gasteiger partial charge >= 0.3 is 0 Å². The van der Waals surface area contributed by atoms with Gasteiger partial charge in [0.1, 0.15) is 5.75 Å². The Morgan fingerprint density at radius 1 is 1.42 bits per heavy atom. The van der Waals surface area contributed by atoms with E-state index in [2.05, 4.69) is 0 Å². The zero-order valence-corrected chi connectivity index (χ0v) is 8.83. The highest BCUT2D eigenvalue weighted by Gasteiger charge is 2.09. The van der Waals surface area contributed by atoms with E-state index in [0.29, 0.717) is 3.57 Å². The molecule has 66 valence electrons. The number of hydrogen-bond acceptors (Lipinski definition) is 3. The minimum Gasteiger partial charge on any atom is -0.507 e. The summed E-state index contributed by atoms with van der Waals surface area (Å²) in [5.41, 5.74) is 0. The Balaban J connectivity index is 3.33. The van der Waals surface area contributed by atoms with Crippen LogP contribution in [-0.4, -0.2) is 13.5 Å². The van der Waals surface area contributed by atoms with Crippen LogP contribution in [-0.2, 0) is 10.0 Å². The van der Waals surface area contributed by atoms with E-state index in [0.717, 1.165) is 6.07 Å². The molecule has 0 saturated carbocycles. The molecule has 0 atom stereocenters. The molecule has 0 aromatic heterocycles. The molecule has 0 bridgehead atoms. The second-order valence-electron chi connectivity index (χ2n) is 2.16. The molecule has 1 rings (SSSR count). The average molecular weight is 299 g/mol. The van der Waals surface area contributed by atoms with Crippen molar-refractivity contribution >= 4 is 32.6 Å². The third-order valence-corrected chi connectivity index (χ3v) is 3.07. The van der Waals surface area contributed by atoms with Crippen molar-refractivity contribution in [3.8, 4) is 5.75 Å². The summed E-state index contributed by atoms with van der Waals surface area (Å²) in [5.74, 6) is -0.0814. The van der Waals surface area contributed by atoms with Gasteiger partial charge in [-0.15, -0.1) is 0 Å². The number of hydrogen-bond donors (Lipinski definition) is 2. The summed E-state index contributed by atoms with van der Waals surface area (Å²) in [5, 5.41) is 14.0. The molecule has 0 aliphatic heterocycles. The van der Waals surface area contributed by atoms with Gasteiger partial charge in [-0.2, -0.15) is 0 Å². The fourth-order valence-corrected chi connectivity index (χ4v) is 1.54. The molecule has 12 heavy (non-hydrogen) atoms. The molecule has 1 aromatic rings. The van der Waals surface area contributed by atoms with Gasteiger partial charge in [-0.3, -0.25) is 0 Å². The molecule has 1 aromatic carbocycles. The highest BCUT2D eigenvalue weighted by atomic mass is 127. The predicted molar refractivity (Wildman–Crippen MR) is 52.2 cm³/mol. The molecular weight excluding hydrogens is 293 g/mol. The van der Waals surface area contributed by atoms with Crippen LogP contribution in [0.4, 0.5) is 0 Å². The Bertz CT molecular complexity index is 401. The first-order chi connectivity index (χ1) is 5.41. The van der Waals surface area contributed by atoms with Crippen LogP contribution in [0.3, 0.4) is 0 Å². The average Bonchev–Trinajstić information content (AvgIpc) is 1.92. The molecular formula is C6H6INO3S. The Morgan fingerprint density at radius 2 is 2.00 bits per heavy atom. The summed E-state index contributed by atoms with van der Waals surface area (Å²) in [6, 6.07) is 3.95. The van der Waals surface area contributed by atoms with Crippen LogP contribution in [0, 0.1) is 3.57 Å². The quantitative estimate of drug-likeness (QED) is 0.747. The number of halogens is 1. The van der Waals surface area contributed by atoms with Gasteiger partial charge in [-0.25, -0.2) is 13.6 Å². The number of phenols is 1. The zero-order chi connectivity index (χ0) is 9.35. The molecule has 0 amide bonds. The van der Waals surface area contributed by atoms with Gasteiger partial charge in [0.25, 0.3) is 0 Å². The molecule has 4 nitrogen and oxygen atoms in total. The Kier molecular flexibility index (Phi) is 2.59. The highest BCUT2D eigenvalue weighted by Crippen LogP contribution is 2.22. The maximum absolute atomic E-state index is 10.8. The van der Waals surface area contributed by atoms with E-state index >= 15 is 0 Å².